The molecular formula is C17H21FN5O4P. The second kappa shape index (κ2) is 9.70. The summed E-state index contributed by atoms with van der Waals surface area (Å²) in [5.74, 6) is -0.274. The van der Waals surface area contributed by atoms with Crippen molar-refractivity contribution in [1.29, 1.82) is 0 Å². The largest absolute Gasteiger partial charge is 0.370 e. The van der Waals surface area contributed by atoms with Crippen LogP contribution in [0.4, 0.5) is 10.3 Å². The monoisotopic (exact) mass is 409 g/mol. The number of aromatic amines is 1. The second-order valence-corrected chi connectivity index (χ2v) is 7.19. The number of rotatable bonds is 10. The molecule has 3 aromatic rings. The molecule has 0 aliphatic heterocycles. The smallest absolute Gasteiger partial charge is 0.280 e. The summed E-state index contributed by atoms with van der Waals surface area (Å²) in [4.78, 5) is 22.3. The van der Waals surface area contributed by atoms with Crippen LogP contribution in [0.2, 0.25) is 0 Å². The summed E-state index contributed by atoms with van der Waals surface area (Å²) in [6, 6.07) is 6.22. The zero-order valence-corrected chi connectivity index (χ0v) is 16.2. The number of nitrogen functional groups attached to an aromatic ring is 1. The van der Waals surface area contributed by atoms with E-state index in [1.165, 1.54) is 18.5 Å². The van der Waals surface area contributed by atoms with E-state index in [1.54, 1.807) is 16.7 Å². The number of nitrogens with one attached hydrogen (secondary N) is 1. The van der Waals surface area contributed by atoms with Crippen molar-refractivity contribution in [2.45, 2.75) is 20.1 Å². The Labute approximate surface area is 161 Å². The van der Waals surface area contributed by atoms with Crippen LogP contribution < -0.4 is 11.3 Å². The van der Waals surface area contributed by atoms with E-state index in [1.807, 2.05) is 6.92 Å². The van der Waals surface area contributed by atoms with Crippen molar-refractivity contribution < 1.29 is 18.2 Å². The van der Waals surface area contributed by atoms with Gasteiger partial charge in [0.1, 0.15) is 12.2 Å². The molecule has 2 aromatic heterocycles. The van der Waals surface area contributed by atoms with Crippen LogP contribution in [-0.4, -0.2) is 39.1 Å². The maximum absolute atomic E-state index is 13.2. The van der Waals surface area contributed by atoms with Gasteiger partial charge in [-0.15, -0.1) is 0 Å². The highest BCUT2D eigenvalue weighted by Gasteiger charge is 2.12. The van der Waals surface area contributed by atoms with Gasteiger partial charge in [0, 0.05) is 6.54 Å². The number of ether oxygens (including phenoxy) is 1. The van der Waals surface area contributed by atoms with Crippen LogP contribution in [0.15, 0.2) is 35.4 Å². The third-order valence-electron chi connectivity index (χ3n) is 3.70. The third kappa shape index (κ3) is 5.32. The van der Waals surface area contributed by atoms with Gasteiger partial charge in [-0.05, 0) is 24.6 Å². The predicted octanol–water partition coefficient (Wildman–Crippen LogP) is 2.38. The van der Waals surface area contributed by atoms with E-state index in [0.29, 0.717) is 25.4 Å². The Morgan fingerprint density at radius 2 is 2.21 bits per heavy atom. The molecule has 0 spiro atoms. The number of aromatic nitrogens is 4. The fourth-order valence-electron chi connectivity index (χ4n) is 2.47. The first-order valence-electron chi connectivity index (χ1n) is 8.63. The normalized spacial score (nSPS) is 12.5. The summed E-state index contributed by atoms with van der Waals surface area (Å²) in [5, 5.41) is 0. The highest BCUT2D eigenvalue weighted by molar-refractivity contribution is 7.46. The third-order valence-corrected chi connectivity index (χ3v) is 5.06. The Balaban J connectivity index is 1.50. The predicted molar refractivity (Wildman–Crippen MR) is 103 cm³/mol. The summed E-state index contributed by atoms with van der Waals surface area (Å²) >= 11 is 0. The standard InChI is InChI=1S/C17H21FN5O4P/c1-2-26-28(27-9-12-4-3-5-13(18)8-12)11-25-7-6-23-10-20-14-15(23)21-17(19)22-16(14)24/h3-5,8,10H,2,6-7,9,11H2,1H3,(H3,19,21,22,24). The minimum absolute atomic E-state index is 0.0331. The molecular weight excluding hydrogens is 388 g/mol. The molecule has 0 fully saturated rings. The van der Waals surface area contributed by atoms with E-state index in [2.05, 4.69) is 15.0 Å². The molecule has 0 saturated carbocycles. The lowest BCUT2D eigenvalue weighted by atomic mass is 10.2. The van der Waals surface area contributed by atoms with Gasteiger partial charge in [-0.2, -0.15) is 4.98 Å². The second-order valence-electron chi connectivity index (χ2n) is 5.75. The molecule has 1 unspecified atom stereocenters. The van der Waals surface area contributed by atoms with Crippen molar-refractivity contribution >= 4 is 25.5 Å². The Kier molecular flexibility index (Phi) is 7.05. The molecule has 11 heteroatoms. The number of imidazole rings is 1. The first-order valence-corrected chi connectivity index (χ1v) is 9.99. The van der Waals surface area contributed by atoms with Crippen molar-refractivity contribution in [1.82, 2.24) is 19.5 Å². The molecule has 9 nitrogen and oxygen atoms in total. The van der Waals surface area contributed by atoms with Crippen LogP contribution >= 0.6 is 8.38 Å². The highest BCUT2D eigenvalue weighted by atomic mass is 31.2. The molecule has 0 saturated heterocycles. The van der Waals surface area contributed by atoms with Crippen molar-refractivity contribution in [3.63, 3.8) is 0 Å². The van der Waals surface area contributed by atoms with Crippen LogP contribution in [0, 0.1) is 5.82 Å². The molecule has 1 aromatic carbocycles. The quantitative estimate of drug-likeness (QED) is 0.390. The van der Waals surface area contributed by atoms with Gasteiger partial charge in [-0.1, -0.05) is 12.1 Å². The Bertz CT molecular complexity index is 980. The number of H-pyrrole nitrogens is 1. The average molecular weight is 409 g/mol. The SMILES string of the molecule is CCOP(COCCn1cnc2c(=O)[nH]c(N)nc21)OCc1cccc(F)c1. The van der Waals surface area contributed by atoms with Crippen LogP contribution in [-0.2, 0) is 26.9 Å². The number of hydrogen-bond donors (Lipinski definition) is 2. The number of anilines is 1. The Morgan fingerprint density at radius 3 is 3.00 bits per heavy atom. The van der Waals surface area contributed by atoms with Gasteiger partial charge in [0.2, 0.25) is 5.95 Å². The maximum Gasteiger partial charge on any atom is 0.280 e. The Morgan fingerprint density at radius 1 is 1.36 bits per heavy atom. The topological polar surface area (TPSA) is 117 Å². The highest BCUT2D eigenvalue weighted by Crippen LogP contribution is 2.39. The van der Waals surface area contributed by atoms with E-state index in [-0.39, 0.29) is 35.8 Å². The lowest BCUT2D eigenvalue weighted by molar-refractivity contribution is 0.142. The van der Waals surface area contributed by atoms with Crippen molar-refractivity contribution in [2.75, 3.05) is 25.3 Å². The van der Waals surface area contributed by atoms with E-state index >= 15 is 0 Å². The minimum Gasteiger partial charge on any atom is -0.370 e. The summed E-state index contributed by atoms with van der Waals surface area (Å²) in [6.45, 7) is 3.37. The first kappa shape index (κ1) is 20.3. The Hall–Kier alpha value is -2.39. The fourth-order valence-corrected chi connectivity index (χ4v) is 3.55. The zero-order chi connectivity index (χ0) is 19.9. The molecule has 0 bridgehead atoms. The molecule has 28 heavy (non-hydrogen) atoms. The molecule has 2 heterocycles. The molecule has 3 rings (SSSR count). The number of fused-ring (bicyclic) bond motifs is 1. The van der Waals surface area contributed by atoms with E-state index in [0.717, 1.165) is 5.56 Å². The van der Waals surface area contributed by atoms with Gasteiger partial charge in [-0.3, -0.25) is 9.78 Å². The van der Waals surface area contributed by atoms with Crippen LogP contribution in [0.5, 0.6) is 0 Å². The molecule has 3 N–H and O–H groups in total. The van der Waals surface area contributed by atoms with Crippen molar-refractivity contribution in [3.05, 3.63) is 52.3 Å². The molecule has 1 atom stereocenters. The fraction of sp³-hybridized carbons (Fsp3) is 0.353. The minimum atomic E-state index is -1.27. The van der Waals surface area contributed by atoms with E-state index in [4.69, 9.17) is 19.5 Å². The van der Waals surface area contributed by atoms with Crippen molar-refractivity contribution in [2.24, 2.45) is 0 Å². The van der Waals surface area contributed by atoms with E-state index in [9.17, 15) is 9.18 Å². The number of halogens is 1. The lowest BCUT2D eigenvalue weighted by Gasteiger charge is -2.17. The number of nitrogens with zero attached hydrogens (tertiary/aromatic N) is 3. The molecule has 0 amide bonds. The van der Waals surface area contributed by atoms with Gasteiger partial charge in [0.05, 0.1) is 26.1 Å². The van der Waals surface area contributed by atoms with Gasteiger partial charge < -0.3 is 24.1 Å². The van der Waals surface area contributed by atoms with Crippen LogP contribution in [0.25, 0.3) is 11.2 Å². The molecule has 0 aliphatic carbocycles. The molecule has 150 valence electrons. The number of hydrogen-bond acceptors (Lipinski definition) is 7. The zero-order valence-electron chi connectivity index (χ0n) is 15.3. The maximum atomic E-state index is 13.2. The summed E-state index contributed by atoms with van der Waals surface area (Å²) in [7, 11) is -1.27. The van der Waals surface area contributed by atoms with Gasteiger partial charge in [0.25, 0.3) is 5.56 Å². The number of benzene rings is 1. The van der Waals surface area contributed by atoms with Gasteiger partial charge in [0.15, 0.2) is 19.5 Å². The first-order chi connectivity index (χ1) is 13.6. The van der Waals surface area contributed by atoms with Gasteiger partial charge >= 0.3 is 0 Å². The molecule has 0 aliphatic rings. The number of nitrogens with two attached hydrogens (primary N) is 1. The average Bonchev–Trinajstić information content (AvgIpc) is 3.06. The summed E-state index contributed by atoms with van der Waals surface area (Å²) in [6.07, 6.45) is 1.78. The summed E-state index contributed by atoms with van der Waals surface area (Å²) in [5.41, 5.74) is 6.55. The van der Waals surface area contributed by atoms with Crippen LogP contribution in [0.3, 0.4) is 0 Å². The molecule has 0 radical (unpaired) electrons. The van der Waals surface area contributed by atoms with E-state index < -0.39 is 8.38 Å². The van der Waals surface area contributed by atoms with Gasteiger partial charge in [-0.25, -0.2) is 9.37 Å². The lowest BCUT2D eigenvalue weighted by Crippen LogP contribution is -2.13. The summed E-state index contributed by atoms with van der Waals surface area (Å²) < 4.78 is 31.9. The van der Waals surface area contributed by atoms with Crippen LogP contribution in [0.1, 0.15) is 12.5 Å². The van der Waals surface area contributed by atoms with Crippen molar-refractivity contribution in [3.8, 4) is 0 Å².